The molecular weight excluding hydrogens is 314 g/mol. The molecule has 0 aliphatic rings. The molecule has 42 valence electrons. The molecule has 0 spiro atoms. The zero-order chi connectivity index (χ0) is 5.54. The molecule has 0 heterocycles. The zero-order valence-electron chi connectivity index (χ0n) is 3.95. The molecule has 0 saturated carbocycles. The van der Waals surface area contributed by atoms with Crippen LogP contribution in [-0.2, 0) is 0 Å². The molecule has 0 unspecified atom stereocenters. The van der Waals surface area contributed by atoms with Crippen molar-refractivity contribution < 1.29 is 17.2 Å². The number of terminal acetylenes is 1. The first-order valence-electron chi connectivity index (χ1n) is 2.05. The minimum atomic E-state index is 0.469. The molecule has 0 saturated heterocycles. The molecule has 0 aromatic heterocycles. The third-order valence-corrected chi connectivity index (χ3v) is 4.43. The van der Waals surface area contributed by atoms with Crippen molar-refractivity contribution in [3.63, 3.8) is 0 Å². The molecule has 7 heavy (non-hydrogen) atoms. The van der Waals surface area contributed by atoms with E-state index in [0.717, 1.165) is 6.42 Å². The molecule has 0 rings (SSSR count). The number of alkyl halides is 1. The summed E-state index contributed by atoms with van der Waals surface area (Å²) in [4.78, 5) is 0. The predicted octanol–water partition coefficient (Wildman–Crippen LogP) is -1.16. The van der Waals surface area contributed by atoms with Crippen molar-refractivity contribution in [1.82, 2.24) is 0 Å². The fourth-order valence-corrected chi connectivity index (χ4v) is 2.82. The molecule has 0 atom stereocenters. The molecule has 0 bridgehead atoms. The van der Waals surface area contributed by atoms with Gasteiger partial charge in [0.05, 0.1) is 0 Å². The Balaban J connectivity index is 2.60. The van der Waals surface area contributed by atoms with Crippen molar-refractivity contribution in [2.45, 2.75) is 12.8 Å². The molecule has 0 aromatic carbocycles. The van der Waals surface area contributed by atoms with Gasteiger partial charge in [-0.3, -0.25) is 0 Å². The summed E-state index contributed by atoms with van der Waals surface area (Å²) in [5.41, 5.74) is 0. The minimum absolute atomic E-state index is 0.469. The van der Waals surface area contributed by atoms with Crippen LogP contribution >= 0.6 is 18.6 Å². The second kappa shape index (κ2) is 7.02. The van der Waals surface area contributed by atoms with Crippen molar-refractivity contribution in [3.8, 4) is 12.3 Å². The Morgan fingerprint density at radius 1 is 1.71 bits per heavy atom. The topological polar surface area (TPSA) is 0 Å². The van der Waals surface area contributed by atoms with Gasteiger partial charge in [-0.2, -0.15) is 0 Å². The molecule has 0 nitrogen and oxygen atoms in total. The Labute approximate surface area is 64.9 Å². The van der Waals surface area contributed by atoms with E-state index in [1.807, 2.05) is 0 Å². The van der Waals surface area contributed by atoms with Gasteiger partial charge in [0.2, 0.25) is 0 Å². The number of unbranched alkanes of at least 4 members (excludes halogenated alkanes) is 1. The van der Waals surface area contributed by atoms with E-state index in [0.29, 0.717) is 17.2 Å². The van der Waals surface area contributed by atoms with E-state index in [9.17, 15) is 0 Å². The van der Waals surface area contributed by atoms with E-state index in [4.69, 9.17) is 6.42 Å². The van der Waals surface area contributed by atoms with Crippen LogP contribution in [0.25, 0.3) is 0 Å². The van der Waals surface area contributed by atoms with Crippen molar-refractivity contribution in [2.75, 3.05) is 4.43 Å². The maximum absolute atomic E-state index is 5.03. The normalized spacial score (nSPS) is 8.57. The summed E-state index contributed by atoms with van der Waals surface area (Å²) in [6.07, 6.45) is 7.25. The van der Waals surface area contributed by atoms with Crippen LogP contribution in [0.2, 0.25) is 0 Å². The summed E-state index contributed by atoms with van der Waals surface area (Å²) in [7, 11) is 0. The Morgan fingerprint density at radius 3 is 2.86 bits per heavy atom. The second-order valence-electron chi connectivity index (χ2n) is 1.10. The second-order valence-corrected chi connectivity index (χ2v) is 6.62. The van der Waals surface area contributed by atoms with Crippen LogP contribution in [0.1, 0.15) is 12.8 Å². The Morgan fingerprint density at radius 2 is 2.43 bits per heavy atom. The molecule has 0 amide bonds. The molecule has 0 aliphatic carbocycles. The van der Waals surface area contributed by atoms with E-state index in [-0.39, 0.29) is 0 Å². The third-order valence-electron chi connectivity index (χ3n) is 0.526. The molecule has 0 N–H and O–H groups in total. The van der Waals surface area contributed by atoms with E-state index in [1.54, 1.807) is 0 Å². The van der Waals surface area contributed by atoms with Crippen LogP contribution in [0.3, 0.4) is 0 Å². The van der Waals surface area contributed by atoms with Gasteiger partial charge < -0.3 is 0 Å². The fraction of sp³-hybridized carbons (Fsp3) is 0.600. The number of halogens is 2. The summed E-state index contributed by atoms with van der Waals surface area (Å²) in [6, 6.07) is 0. The third kappa shape index (κ3) is 7.02. The van der Waals surface area contributed by atoms with Crippen molar-refractivity contribution >= 4 is 18.6 Å². The summed E-state index contributed by atoms with van der Waals surface area (Å²) in [5, 5.41) is 0. The Hall–Kier alpha value is 1.02. The van der Waals surface area contributed by atoms with Gasteiger partial charge in [-0.1, -0.05) is 0 Å². The van der Waals surface area contributed by atoms with Gasteiger partial charge in [0, 0.05) is 0 Å². The average molecular weight is 321 g/mol. The Kier molecular flexibility index (Phi) is 8.04. The van der Waals surface area contributed by atoms with Gasteiger partial charge in [-0.15, -0.1) is 0 Å². The SMILES string of the molecule is C#CCCC[I-]I. The summed E-state index contributed by atoms with van der Waals surface area (Å²) in [6.45, 7) is 0. The quantitative estimate of drug-likeness (QED) is 0.266. The van der Waals surface area contributed by atoms with Crippen LogP contribution in [0.4, 0.5) is 0 Å². The summed E-state index contributed by atoms with van der Waals surface area (Å²) < 4.78 is 1.38. The van der Waals surface area contributed by atoms with Crippen LogP contribution in [0, 0.1) is 12.3 Å². The number of hydrogen-bond donors (Lipinski definition) is 0. The first-order valence-corrected chi connectivity index (χ1v) is 9.86. The van der Waals surface area contributed by atoms with E-state index in [2.05, 4.69) is 24.5 Å². The Bertz CT molecular complexity index is 63.0. The van der Waals surface area contributed by atoms with Gasteiger partial charge >= 0.3 is 65.5 Å². The molecule has 0 fully saturated rings. The summed E-state index contributed by atoms with van der Waals surface area (Å²) >= 11 is 2.94. The zero-order valence-corrected chi connectivity index (χ0v) is 8.27. The van der Waals surface area contributed by atoms with Gasteiger partial charge in [0.15, 0.2) is 0 Å². The monoisotopic (exact) mass is 321 g/mol. The average Bonchev–Trinajstić information content (AvgIpc) is 1.69. The number of hydrogen-bond acceptors (Lipinski definition) is 0. The van der Waals surface area contributed by atoms with Crippen LogP contribution in [0.5, 0.6) is 0 Å². The fourth-order valence-electron chi connectivity index (χ4n) is 0.219. The predicted molar refractivity (Wildman–Crippen MR) is 37.0 cm³/mol. The van der Waals surface area contributed by atoms with Gasteiger partial charge in [-0.05, 0) is 0 Å². The van der Waals surface area contributed by atoms with Gasteiger partial charge in [-0.25, -0.2) is 0 Å². The van der Waals surface area contributed by atoms with Gasteiger partial charge in [0.1, 0.15) is 0 Å². The van der Waals surface area contributed by atoms with E-state index < -0.39 is 0 Å². The molecule has 0 aromatic rings. The van der Waals surface area contributed by atoms with Crippen LogP contribution in [-0.4, -0.2) is 4.43 Å². The summed E-state index contributed by atoms with van der Waals surface area (Å²) in [5.74, 6) is 2.62. The van der Waals surface area contributed by atoms with Crippen molar-refractivity contribution in [2.24, 2.45) is 0 Å². The molecule has 0 radical (unpaired) electrons. The van der Waals surface area contributed by atoms with Crippen LogP contribution < -0.4 is 17.2 Å². The van der Waals surface area contributed by atoms with Crippen molar-refractivity contribution in [1.29, 1.82) is 0 Å². The van der Waals surface area contributed by atoms with Crippen LogP contribution in [0.15, 0.2) is 0 Å². The van der Waals surface area contributed by atoms with Crippen molar-refractivity contribution in [3.05, 3.63) is 0 Å². The van der Waals surface area contributed by atoms with E-state index >= 15 is 0 Å². The standard InChI is InChI=1S/C5H7I2/c1-2-3-4-5-7-6/h1H,3-5H2/q-1. The first-order chi connectivity index (χ1) is 3.41. The first kappa shape index (κ1) is 8.02. The number of rotatable bonds is 3. The van der Waals surface area contributed by atoms with Gasteiger partial charge in [0.25, 0.3) is 0 Å². The van der Waals surface area contributed by atoms with E-state index in [1.165, 1.54) is 10.8 Å². The maximum atomic E-state index is 5.03. The molecule has 0 aliphatic heterocycles. The molecular formula is C5H7I2-. The molecule has 2 heteroatoms.